The molecule has 3 heteroatoms. The lowest BCUT2D eigenvalue weighted by atomic mass is 9.83. The van der Waals surface area contributed by atoms with Crippen LogP contribution in [0.5, 0.6) is 0 Å². The van der Waals surface area contributed by atoms with Gasteiger partial charge in [0.05, 0.1) is 4.47 Å². The molecule has 1 nitrogen and oxygen atoms in total. The van der Waals surface area contributed by atoms with Crippen LogP contribution in [0.3, 0.4) is 0 Å². The van der Waals surface area contributed by atoms with E-state index in [1.807, 2.05) is 18.2 Å². The second kappa shape index (κ2) is 6.48. The number of hydrogen-bond donors (Lipinski definition) is 1. The van der Waals surface area contributed by atoms with Crippen molar-refractivity contribution in [1.29, 1.82) is 0 Å². The molecule has 1 N–H and O–H groups in total. The summed E-state index contributed by atoms with van der Waals surface area (Å²) < 4.78 is 13.7. The number of benzene rings is 1. The van der Waals surface area contributed by atoms with Gasteiger partial charge in [0.15, 0.2) is 0 Å². The number of halogens is 2. The van der Waals surface area contributed by atoms with Gasteiger partial charge < -0.3 is 5.32 Å². The zero-order valence-electron chi connectivity index (χ0n) is 11.3. The summed E-state index contributed by atoms with van der Waals surface area (Å²) in [5.74, 6) is -0.223. The van der Waals surface area contributed by atoms with Crippen molar-refractivity contribution < 1.29 is 4.39 Å². The molecule has 0 saturated heterocycles. The quantitative estimate of drug-likeness (QED) is 0.771. The molecule has 0 saturated carbocycles. The van der Waals surface area contributed by atoms with Crippen LogP contribution in [0.1, 0.15) is 26.3 Å². The SMILES string of the molecule is C=CC(C)(CNC(C)C)Cc1ccc(F)c(Br)c1. The van der Waals surface area contributed by atoms with Crippen LogP contribution in [-0.2, 0) is 6.42 Å². The van der Waals surface area contributed by atoms with Gasteiger partial charge in [-0.2, -0.15) is 0 Å². The molecule has 0 radical (unpaired) electrons. The van der Waals surface area contributed by atoms with E-state index in [0.717, 1.165) is 18.5 Å². The van der Waals surface area contributed by atoms with Crippen LogP contribution in [0, 0.1) is 11.2 Å². The van der Waals surface area contributed by atoms with Crippen molar-refractivity contribution in [3.63, 3.8) is 0 Å². The maximum Gasteiger partial charge on any atom is 0.137 e. The lowest BCUT2D eigenvalue weighted by molar-refractivity contribution is 0.373. The van der Waals surface area contributed by atoms with Crippen LogP contribution in [0.4, 0.5) is 4.39 Å². The Morgan fingerprint density at radius 1 is 1.50 bits per heavy atom. The second-order valence-electron chi connectivity index (χ2n) is 5.32. The molecule has 0 aliphatic rings. The molecule has 18 heavy (non-hydrogen) atoms. The minimum atomic E-state index is -0.223. The average Bonchev–Trinajstić information content (AvgIpc) is 2.31. The van der Waals surface area contributed by atoms with Crippen molar-refractivity contribution in [2.75, 3.05) is 6.54 Å². The van der Waals surface area contributed by atoms with Crippen LogP contribution in [0.15, 0.2) is 35.3 Å². The first kappa shape index (κ1) is 15.4. The van der Waals surface area contributed by atoms with Gasteiger partial charge in [-0.3, -0.25) is 0 Å². The van der Waals surface area contributed by atoms with Crippen molar-refractivity contribution in [3.05, 3.63) is 46.7 Å². The van der Waals surface area contributed by atoms with Crippen molar-refractivity contribution >= 4 is 15.9 Å². The Bertz CT molecular complexity index is 417. The molecule has 0 aromatic heterocycles. The fourth-order valence-corrected chi connectivity index (χ4v) is 2.19. The second-order valence-corrected chi connectivity index (χ2v) is 6.17. The Balaban J connectivity index is 2.77. The third-order valence-electron chi connectivity index (χ3n) is 3.00. The standard InChI is InChI=1S/C15H21BrFN/c1-5-15(4,10-18-11(2)3)9-12-6-7-14(17)13(16)8-12/h5-8,11,18H,1,9-10H2,2-4H3. The van der Waals surface area contributed by atoms with Gasteiger partial charge in [0, 0.05) is 18.0 Å². The zero-order valence-corrected chi connectivity index (χ0v) is 12.8. The van der Waals surface area contributed by atoms with Gasteiger partial charge in [0.1, 0.15) is 5.82 Å². The summed E-state index contributed by atoms with van der Waals surface area (Å²) >= 11 is 3.22. The summed E-state index contributed by atoms with van der Waals surface area (Å²) in [4.78, 5) is 0. The Morgan fingerprint density at radius 3 is 2.67 bits per heavy atom. The summed E-state index contributed by atoms with van der Waals surface area (Å²) in [5, 5.41) is 3.43. The van der Waals surface area contributed by atoms with Crippen LogP contribution in [-0.4, -0.2) is 12.6 Å². The molecule has 0 aliphatic carbocycles. The Kier molecular flexibility index (Phi) is 5.54. The first-order valence-corrected chi connectivity index (χ1v) is 6.96. The largest absolute Gasteiger partial charge is 0.314 e. The highest BCUT2D eigenvalue weighted by Crippen LogP contribution is 2.26. The van der Waals surface area contributed by atoms with E-state index in [0.29, 0.717) is 10.5 Å². The maximum absolute atomic E-state index is 13.2. The van der Waals surface area contributed by atoms with E-state index in [1.54, 1.807) is 0 Å². The minimum absolute atomic E-state index is 0.0263. The molecule has 1 unspecified atom stereocenters. The molecule has 0 spiro atoms. The minimum Gasteiger partial charge on any atom is -0.314 e. The lowest BCUT2D eigenvalue weighted by Gasteiger charge is -2.27. The van der Waals surface area contributed by atoms with E-state index in [4.69, 9.17) is 0 Å². The fraction of sp³-hybridized carbons (Fsp3) is 0.467. The molecule has 1 atom stereocenters. The highest BCUT2D eigenvalue weighted by Gasteiger charge is 2.21. The molecule has 1 rings (SSSR count). The van der Waals surface area contributed by atoms with Crippen molar-refractivity contribution in [2.45, 2.75) is 33.2 Å². The van der Waals surface area contributed by atoms with Gasteiger partial charge in [0.2, 0.25) is 0 Å². The predicted octanol–water partition coefficient (Wildman–Crippen LogP) is 4.32. The zero-order chi connectivity index (χ0) is 13.8. The molecule has 0 aliphatic heterocycles. The van der Waals surface area contributed by atoms with Gasteiger partial charge in [-0.05, 0) is 40.0 Å². The molecular formula is C15H21BrFN. The van der Waals surface area contributed by atoms with Crippen LogP contribution >= 0.6 is 15.9 Å². The summed E-state index contributed by atoms with van der Waals surface area (Å²) in [6, 6.07) is 5.62. The smallest absolute Gasteiger partial charge is 0.137 e. The topological polar surface area (TPSA) is 12.0 Å². The first-order valence-electron chi connectivity index (χ1n) is 6.17. The van der Waals surface area contributed by atoms with E-state index in [9.17, 15) is 4.39 Å². The Hall–Kier alpha value is -0.670. The van der Waals surface area contributed by atoms with Gasteiger partial charge in [-0.25, -0.2) is 4.39 Å². The fourth-order valence-electron chi connectivity index (χ4n) is 1.76. The average molecular weight is 314 g/mol. The molecular weight excluding hydrogens is 293 g/mol. The molecule has 0 fully saturated rings. The van der Waals surface area contributed by atoms with Crippen LogP contribution in [0.2, 0.25) is 0 Å². The number of rotatable bonds is 6. The highest BCUT2D eigenvalue weighted by molar-refractivity contribution is 9.10. The van der Waals surface area contributed by atoms with Crippen LogP contribution < -0.4 is 5.32 Å². The summed E-state index contributed by atoms with van der Waals surface area (Å²) in [6.45, 7) is 11.2. The summed E-state index contributed by atoms with van der Waals surface area (Å²) in [6.07, 6.45) is 2.81. The van der Waals surface area contributed by atoms with Crippen LogP contribution in [0.25, 0.3) is 0 Å². The van der Waals surface area contributed by atoms with E-state index >= 15 is 0 Å². The molecule has 0 heterocycles. The Labute approximate surface area is 118 Å². The van der Waals surface area contributed by atoms with Crippen molar-refractivity contribution in [2.24, 2.45) is 5.41 Å². The molecule has 1 aromatic carbocycles. The monoisotopic (exact) mass is 313 g/mol. The summed E-state index contributed by atoms with van der Waals surface area (Å²) in [5.41, 5.74) is 1.08. The van der Waals surface area contributed by atoms with Crippen molar-refractivity contribution in [1.82, 2.24) is 5.32 Å². The third kappa shape index (κ3) is 4.54. The van der Waals surface area contributed by atoms with E-state index in [2.05, 4.69) is 48.6 Å². The van der Waals surface area contributed by atoms with E-state index in [-0.39, 0.29) is 11.2 Å². The Morgan fingerprint density at radius 2 is 2.17 bits per heavy atom. The molecule has 0 amide bonds. The van der Waals surface area contributed by atoms with E-state index in [1.165, 1.54) is 6.07 Å². The van der Waals surface area contributed by atoms with Gasteiger partial charge in [-0.15, -0.1) is 6.58 Å². The molecule has 1 aromatic rings. The molecule has 100 valence electrons. The maximum atomic E-state index is 13.2. The predicted molar refractivity (Wildman–Crippen MR) is 79.2 cm³/mol. The first-order chi connectivity index (χ1) is 8.36. The number of hydrogen-bond acceptors (Lipinski definition) is 1. The third-order valence-corrected chi connectivity index (χ3v) is 3.61. The highest BCUT2D eigenvalue weighted by atomic mass is 79.9. The number of nitrogens with one attached hydrogen (secondary N) is 1. The van der Waals surface area contributed by atoms with Gasteiger partial charge in [-0.1, -0.05) is 32.9 Å². The van der Waals surface area contributed by atoms with Crippen molar-refractivity contribution in [3.8, 4) is 0 Å². The lowest BCUT2D eigenvalue weighted by Crippen LogP contribution is -2.35. The normalized spacial score (nSPS) is 14.6. The van der Waals surface area contributed by atoms with Gasteiger partial charge in [0.25, 0.3) is 0 Å². The summed E-state index contributed by atoms with van der Waals surface area (Å²) in [7, 11) is 0. The van der Waals surface area contributed by atoms with E-state index < -0.39 is 0 Å². The molecule has 0 bridgehead atoms. The van der Waals surface area contributed by atoms with Gasteiger partial charge >= 0.3 is 0 Å².